The molecule has 0 N–H and O–H groups in total. The second kappa shape index (κ2) is 10.9. The van der Waals surface area contributed by atoms with Crippen molar-refractivity contribution in [2.24, 2.45) is 0 Å². The second-order valence-corrected chi connectivity index (χ2v) is 3.46. The van der Waals surface area contributed by atoms with Gasteiger partial charge < -0.3 is 0 Å². The number of benzene rings is 1. The molecule has 0 aromatic heterocycles. The standard InChI is InChI=1S/C9H11F.C8H7F/c1-3-5-6-7-8-9(10)4-2;1-2-7-3-5-8(9)6-4-7/h3-4,6-8H,1-2,5H2;2-6H,1H2/b7-6-,9-8+;. The van der Waals surface area contributed by atoms with Crippen molar-refractivity contribution < 1.29 is 8.78 Å². The Balaban J connectivity index is 0.000000342. The first-order chi connectivity index (χ1) is 9.13. The number of allylic oxidation sites excluding steroid dienone is 6. The van der Waals surface area contributed by atoms with Gasteiger partial charge in [-0.25, -0.2) is 8.78 Å². The van der Waals surface area contributed by atoms with E-state index in [2.05, 4.69) is 19.7 Å². The Hall–Kier alpha value is -2.22. The Labute approximate surface area is 113 Å². The van der Waals surface area contributed by atoms with E-state index in [9.17, 15) is 8.78 Å². The Morgan fingerprint density at radius 2 is 1.74 bits per heavy atom. The third-order valence-electron chi connectivity index (χ3n) is 1.99. The second-order valence-electron chi connectivity index (χ2n) is 3.46. The molecule has 0 atom stereocenters. The first-order valence-electron chi connectivity index (χ1n) is 5.77. The molecule has 0 saturated heterocycles. The van der Waals surface area contributed by atoms with E-state index in [1.807, 2.05) is 6.08 Å². The summed E-state index contributed by atoms with van der Waals surface area (Å²) in [4.78, 5) is 0. The summed E-state index contributed by atoms with van der Waals surface area (Å²) in [5.41, 5.74) is 0.941. The summed E-state index contributed by atoms with van der Waals surface area (Å²) in [6.45, 7) is 10.3. The lowest BCUT2D eigenvalue weighted by Gasteiger charge is -1.88. The maximum Gasteiger partial charge on any atom is 0.123 e. The van der Waals surface area contributed by atoms with Gasteiger partial charge in [0, 0.05) is 0 Å². The number of halogens is 2. The predicted molar refractivity (Wildman–Crippen MR) is 79.8 cm³/mol. The average molecular weight is 260 g/mol. The maximum atomic E-state index is 12.2. The van der Waals surface area contributed by atoms with Crippen LogP contribution in [0.4, 0.5) is 8.78 Å². The first-order valence-corrected chi connectivity index (χ1v) is 5.77. The van der Waals surface area contributed by atoms with E-state index in [4.69, 9.17) is 0 Å². The van der Waals surface area contributed by atoms with E-state index >= 15 is 0 Å². The summed E-state index contributed by atoms with van der Waals surface area (Å²) in [6.07, 6.45) is 10.2. The highest BCUT2D eigenvalue weighted by atomic mass is 19.1. The SMILES string of the molecule is C=CC/C=C\C=C(\F)C=C.C=Cc1ccc(F)cc1. The molecule has 2 heteroatoms. The molecule has 0 radical (unpaired) electrons. The maximum absolute atomic E-state index is 12.2. The van der Waals surface area contributed by atoms with E-state index in [0.29, 0.717) is 0 Å². The molecular formula is C17H18F2. The van der Waals surface area contributed by atoms with Crippen LogP contribution < -0.4 is 0 Å². The quantitative estimate of drug-likeness (QED) is 0.475. The fraction of sp³-hybridized carbons (Fsp3) is 0.0588. The Morgan fingerprint density at radius 1 is 1.11 bits per heavy atom. The van der Waals surface area contributed by atoms with Gasteiger partial charge in [-0.1, -0.05) is 49.6 Å². The lowest BCUT2D eigenvalue weighted by molar-refractivity contribution is 0.628. The van der Waals surface area contributed by atoms with Crippen LogP contribution in [0, 0.1) is 5.82 Å². The lowest BCUT2D eigenvalue weighted by Crippen LogP contribution is -1.72. The monoisotopic (exact) mass is 260 g/mol. The molecule has 0 spiro atoms. The van der Waals surface area contributed by atoms with Crippen molar-refractivity contribution >= 4 is 6.08 Å². The summed E-state index contributed by atoms with van der Waals surface area (Å²) in [5.74, 6) is -0.527. The zero-order chi connectivity index (χ0) is 14.5. The van der Waals surface area contributed by atoms with Crippen molar-refractivity contribution in [2.75, 3.05) is 0 Å². The van der Waals surface area contributed by atoms with Gasteiger partial charge in [0.2, 0.25) is 0 Å². The van der Waals surface area contributed by atoms with Crippen molar-refractivity contribution in [1.29, 1.82) is 0 Å². The third kappa shape index (κ3) is 9.48. The van der Waals surface area contributed by atoms with Gasteiger partial charge in [-0.2, -0.15) is 0 Å². The minimum Gasteiger partial charge on any atom is -0.207 e. The number of rotatable bonds is 5. The van der Waals surface area contributed by atoms with Crippen molar-refractivity contribution in [3.8, 4) is 0 Å². The van der Waals surface area contributed by atoms with Crippen LogP contribution in [0.3, 0.4) is 0 Å². The summed E-state index contributed by atoms with van der Waals surface area (Å²) in [5, 5.41) is 0. The molecule has 0 aliphatic carbocycles. The van der Waals surface area contributed by atoms with Gasteiger partial charge in [0.25, 0.3) is 0 Å². The van der Waals surface area contributed by atoms with Crippen LogP contribution in [0.25, 0.3) is 6.08 Å². The topological polar surface area (TPSA) is 0 Å². The van der Waals surface area contributed by atoms with Gasteiger partial charge in [-0.3, -0.25) is 0 Å². The molecule has 0 saturated carbocycles. The molecule has 0 heterocycles. The summed E-state index contributed by atoms with van der Waals surface area (Å²) < 4.78 is 24.4. The van der Waals surface area contributed by atoms with Gasteiger partial charge in [0.15, 0.2) is 0 Å². The largest absolute Gasteiger partial charge is 0.207 e. The molecule has 0 unspecified atom stereocenters. The Kier molecular flexibility index (Phi) is 9.63. The fourth-order valence-corrected chi connectivity index (χ4v) is 1.00. The van der Waals surface area contributed by atoms with Crippen LogP contribution in [0.2, 0.25) is 0 Å². The molecule has 100 valence electrons. The highest BCUT2D eigenvalue weighted by molar-refractivity contribution is 5.45. The van der Waals surface area contributed by atoms with Crippen LogP contribution in [0.15, 0.2) is 80.2 Å². The minimum atomic E-state index is -0.319. The van der Waals surface area contributed by atoms with Crippen molar-refractivity contribution in [3.05, 3.63) is 91.6 Å². The molecule has 1 aromatic carbocycles. The molecule has 19 heavy (non-hydrogen) atoms. The van der Waals surface area contributed by atoms with Crippen LogP contribution >= 0.6 is 0 Å². The average Bonchev–Trinajstić information content (AvgIpc) is 2.45. The van der Waals surface area contributed by atoms with Gasteiger partial charge >= 0.3 is 0 Å². The fourth-order valence-electron chi connectivity index (χ4n) is 1.00. The minimum absolute atomic E-state index is 0.208. The summed E-state index contributed by atoms with van der Waals surface area (Å²) in [7, 11) is 0. The Morgan fingerprint density at radius 3 is 2.21 bits per heavy atom. The van der Waals surface area contributed by atoms with E-state index in [0.717, 1.165) is 18.1 Å². The van der Waals surface area contributed by atoms with E-state index < -0.39 is 0 Å². The highest BCUT2D eigenvalue weighted by Crippen LogP contribution is 2.02. The molecule has 1 rings (SSSR count). The van der Waals surface area contributed by atoms with Crippen molar-refractivity contribution in [2.45, 2.75) is 6.42 Å². The van der Waals surface area contributed by atoms with Crippen LogP contribution in [-0.4, -0.2) is 0 Å². The Bertz CT molecular complexity index is 451. The van der Waals surface area contributed by atoms with Crippen LogP contribution in [0.1, 0.15) is 12.0 Å². The van der Waals surface area contributed by atoms with Crippen molar-refractivity contribution in [3.63, 3.8) is 0 Å². The van der Waals surface area contributed by atoms with Gasteiger partial charge in [-0.05, 0) is 36.3 Å². The molecule has 0 bridgehead atoms. The molecular weight excluding hydrogens is 242 g/mol. The highest BCUT2D eigenvalue weighted by Gasteiger charge is 1.85. The summed E-state index contributed by atoms with van der Waals surface area (Å²) in [6, 6.07) is 6.19. The van der Waals surface area contributed by atoms with E-state index in [-0.39, 0.29) is 11.6 Å². The summed E-state index contributed by atoms with van der Waals surface area (Å²) >= 11 is 0. The zero-order valence-electron chi connectivity index (χ0n) is 10.9. The smallest absolute Gasteiger partial charge is 0.123 e. The molecule has 0 fully saturated rings. The lowest BCUT2D eigenvalue weighted by atomic mass is 10.2. The van der Waals surface area contributed by atoms with Gasteiger partial charge in [-0.15, -0.1) is 6.58 Å². The number of hydrogen-bond acceptors (Lipinski definition) is 0. The van der Waals surface area contributed by atoms with Crippen molar-refractivity contribution in [1.82, 2.24) is 0 Å². The van der Waals surface area contributed by atoms with E-state index in [1.165, 1.54) is 18.2 Å². The van der Waals surface area contributed by atoms with Gasteiger partial charge in [0.1, 0.15) is 11.6 Å². The first kappa shape index (κ1) is 16.8. The number of hydrogen-bond donors (Lipinski definition) is 0. The molecule has 0 aliphatic rings. The normalized spacial score (nSPS) is 10.5. The van der Waals surface area contributed by atoms with Gasteiger partial charge in [0.05, 0.1) is 0 Å². The molecule has 0 aliphatic heterocycles. The molecule has 0 nitrogen and oxygen atoms in total. The van der Waals surface area contributed by atoms with Crippen LogP contribution in [0.5, 0.6) is 0 Å². The zero-order valence-corrected chi connectivity index (χ0v) is 10.9. The van der Waals surface area contributed by atoms with Crippen LogP contribution in [-0.2, 0) is 0 Å². The molecule has 1 aromatic rings. The third-order valence-corrected chi connectivity index (χ3v) is 1.99. The van der Waals surface area contributed by atoms with E-state index in [1.54, 1.807) is 30.4 Å². The predicted octanol–water partition coefficient (Wildman–Crippen LogP) is 5.63. The molecule has 0 amide bonds.